The molecule has 98 valence electrons. The zero-order valence-electron chi connectivity index (χ0n) is 12.2. The minimum absolute atomic E-state index is 0.675. The van der Waals surface area contributed by atoms with Crippen LogP contribution in [-0.2, 0) is 0 Å². The fraction of sp³-hybridized carbons (Fsp3) is 1.00. The van der Waals surface area contributed by atoms with Gasteiger partial charge in [0.15, 0.2) is 0 Å². The van der Waals surface area contributed by atoms with E-state index in [1.165, 1.54) is 25.8 Å². The quantitative estimate of drug-likeness (QED) is 0.652. The Bertz CT molecular complexity index is 151. The molecule has 0 aliphatic carbocycles. The summed E-state index contributed by atoms with van der Waals surface area (Å²) >= 11 is 0. The Morgan fingerprint density at radius 1 is 1.00 bits per heavy atom. The predicted octanol–water partition coefficient (Wildman–Crippen LogP) is 2.99. The molecule has 1 unspecified atom stereocenters. The molecule has 0 fully saturated rings. The zero-order valence-corrected chi connectivity index (χ0v) is 12.2. The molecule has 2 nitrogen and oxygen atoms in total. The lowest BCUT2D eigenvalue weighted by molar-refractivity contribution is 0.243. The van der Waals surface area contributed by atoms with Crippen molar-refractivity contribution in [3.63, 3.8) is 0 Å². The van der Waals surface area contributed by atoms with Crippen LogP contribution in [0.4, 0.5) is 0 Å². The van der Waals surface area contributed by atoms with Gasteiger partial charge in [0.05, 0.1) is 0 Å². The molecule has 0 aromatic carbocycles. The number of hydrogen-bond acceptors (Lipinski definition) is 2. The third-order valence-electron chi connectivity index (χ3n) is 3.44. The molecule has 0 spiro atoms. The molecule has 0 aromatic heterocycles. The smallest absolute Gasteiger partial charge is 0.0216 e. The van der Waals surface area contributed by atoms with Crippen LogP contribution in [0.3, 0.4) is 0 Å². The summed E-state index contributed by atoms with van der Waals surface area (Å²) in [7, 11) is 4.37. The van der Waals surface area contributed by atoms with E-state index in [0.717, 1.165) is 18.4 Å². The minimum atomic E-state index is 0.675. The molecule has 0 bridgehead atoms. The zero-order chi connectivity index (χ0) is 12.6. The third kappa shape index (κ3) is 7.24. The Kier molecular flexibility index (Phi) is 8.96. The summed E-state index contributed by atoms with van der Waals surface area (Å²) in [5, 5.41) is 3.63. The molecule has 1 N–H and O–H groups in total. The van der Waals surface area contributed by atoms with E-state index in [1.807, 2.05) is 0 Å². The Hall–Kier alpha value is -0.0800. The highest BCUT2D eigenvalue weighted by Crippen LogP contribution is 2.09. The van der Waals surface area contributed by atoms with E-state index in [4.69, 9.17) is 0 Å². The molecule has 0 amide bonds. The maximum atomic E-state index is 3.63. The van der Waals surface area contributed by atoms with E-state index < -0.39 is 0 Å². The van der Waals surface area contributed by atoms with Crippen LogP contribution in [0.25, 0.3) is 0 Å². The van der Waals surface area contributed by atoms with Crippen LogP contribution < -0.4 is 5.32 Å². The van der Waals surface area contributed by atoms with Crippen molar-refractivity contribution in [2.75, 3.05) is 27.2 Å². The van der Waals surface area contributed by atoms with Crippen molar-refractivity contribution < 1.29 is 0 Å². The van der Waals surface area contributed by atoms with Gasteiger partial charge in [-0.1, -0.05) is 40.5 Å². The summed E-state index contributed by atoms with van der Waals surface area (Å²) in [6.45, 7) is 11.5. The first-order valence-electron chi connectivity index (χ1n) is 6.88. The maximum absolute atomic E-state index is 3.63. The van der Waals surface area contributed by atoms with E-state index in [-0.39, 0.29) is 0 Å². The lowest BCUT2D eigenvalue weighted by Gasteiger charge is -2.27. The van der Waals surface area contributed by atoms with Crippen LogP contribution in [0, 0.1) is 11.8 Å². The van der Waals surface area contributed by atoms with Crippen molar-refractivity contribution >= 4 is 0 Å². The van der Waals surface area contributed by atoms with E-state index in [0.29, 0.717) is 6.04 Å². The largest absolute Gasteiger partial charge is 0.315 e. The highest BCUT2D eigenvalue weighted by atomic mass is 15.1. The monoisotopic (exact) mass is 228 g/mol. The van der Waals surface area contributed by atoms with Gasteiger partial charge < -0.3 is 10.2 Å². The normalized spacial score (nSPS) is 14.1. The van der Waals surface area contributed by atoms with Crippen molar-refractivity contribution in [2.45, 2.75) is 53.0 Å². The molecule has 16 heavy (non-hydrogen) atoms. The lowest BCUT2D eigenvalue weighted by Crippen LogP contribution is -2.40. The summed E-state index contributed by atoms with van der Waals surface area (Å²) in [4.78, 5) is 2.35. The molecule has 0 heterocycles. The third-order valence-corrected chi connectivity index (χ3v) is 3.44. The molecule has 0 aromatic rings. The van der Waals surface area contributed by atoms with Crippen molar-refractivity contribution in [1.29, 1.82) is 0 Å². The molecular weight excluding hydrogens is 196 g/mol. The fourth-order valence-corrected chi connectivity index (χ4v) is 2.05. The van der Waals surface area contributed by atoms with Gasteiger partial charge >= 0.3 is 0 Å². The Labute approximate surface area is 103 Å². The number of rotatable bonds is 9. The van der Waals surface area contributed by atoms with Crippen LogP contribution in [0.15, 0.2) is 0 Å². The van der Waals surface area contributed by atoms with Gasteiger partial charge in [-0.2, -0.15) is 0 Å². The van der Waals surface area contributed by atoms with Crippen molar-refractivity contribution in [1.82, 2.24) is 10.2 Å². The number of hydrogen-bond donors (Lipinski definition) is 1. The molecule has 1 atom stereocenters. The molecule has 2 heteroatoms. The van der Waals surface area contributed by atoms with Gasteiger partial charge in [0.25, 0.3) is 0 Å². The molecule has 0 aliphatic rings. The number of nitrogens with one attached hydrogen (secondary N) is 1. The molecule has 0 saturated carbocycles. The van der Waals surface area contributed by atoms with Gasteiger partial charge in [0.1, 0.15) is 0 Å². The first kappa shape index (κ1) is 15.9. The van der Waals surface area contributed by atoms with Gasteiger partial charge in [-0.25, -0.2) is 0 Å². The summed E-state index contributed by atoms with van der Waals surface area (Å²) in [6, 6.07) is 0.675. The van der Waals surface area contributed by atoms with Gasteiger partial charge in [-0.05, 0) is 38.9 Å². The SMILES string of the molecule is CCC(CC)CNCC(CC(C)C)N(C)C. The number of nitrogens with zero attached hydrogens (tertiary/aromatic N) is 1. The molecule has 0 radical (unpaired) electrons. The van der Waals surface area contributed by atoms with E-state index in [1.54, 1.807) is 0 Å². The van der Waals surface area contributed by atoms with Crippen LogP contribution in [0.2, 0.25) is 0 Å². The van der Waals surface area contributed by atoms with Gasteiger partial charge in [0.2, 0.25) is 0 Å². The topological polar surface area (TPSA) is 15.3 Å². The Morgan fingerprint density at radius 3 is 1.94 bits per heavy atom. The fourth-order valence-electron chi connectivity index (χ4n) is 2.05. The van der Waals surface area contributed by atoms with Crippen molar-refractivity contribution in [2.24, 2.45) is 11.8 Å². The minimum Gasteiger partial charge on any atom is -0.315 e. The summed E-state index contributed by atoms with van der Waals surface area (Å²) in [5.41, 5.74) is 0. The molecule has 0 saturated heterocycles. The lowest BCUT2D eigenvalue weighted by atomic mass is 10.0. The number of likely N-dealkylation sites (N-methyl/N-ethyl adjacent to an activating group) is 1. The van der Waals surface area contributed by atoms with E-state index in [2.05, 4.69) is 52.0 Å². The van der Waals surface area contributed by atoms with Gasteiger partial charge in [0, 0.05) is 12.6 Å². The van der Waals surface area contributed by atoms with Crippen LogP contribution in [-0.4, -0.2) is 38.1 Å². The molecule has 0 rings (SSSR count). The Balaban J connectivity index is 3.84. The molecular formula is C14H32N2. The van der Waals surface area contributed by atoms with Gasteiger partial charge in [-0.15, -0.1) is 0 Å². The first-order chi connectivity index (χ1) is 7.51. The second-order valence-electron chi connectivity index (χ2n) is 5.59. The van der Waals surface area contributed by atoms with Crippen LogP contribution >= 0.6 is 0 Å². The maximum Gasteiger partial charge on any atom is 0.0216 e. The standard InChI is InChI=1S/C14H32N2/c1-7-13(8-2)10-15-11-14(16(5)6)9-12(3)4/h12-15H,7-11H2,1-6H3. The van der Waals surface area contributed by atoms with E-state index in [9.17, 15) is 0 Å². The highest BCUT2D eigenvalue weighted by Gasteiger charge is 2.13. The van der Waals surface area contributed by atoms with Gasteiger partial charge in [-0.3, -0.25) is 0 Å². The first-order valence-corrected chi connectivity index (χ1v) is 6.88. The average Bonchev–Trinajstić information content (AvgIpc) is 2.22. The second-order valence-corrected chi connectivity index (χ2v) is 5.59. The highest BCUT2D eigenvalue weighted by molar-refractivity contribution is 4.72. The van der Waals surface area contributed by atoms with Crippen LogP contribution in [0.1, 0.15) is 47.0 Å². The summed E-state index contributed by atoms with van der Waals surface area (Å²) < 4.78 is 0. The predicted molar refractivity (Wildman–Crippen MR) is 73.9 cm³/mol. The summed E-state index contributed by atoms with van der Waals surface area (Å²) in [6.07, 6.45) is 3.86. The van der Waals surface area contributed by atoms with E-state index >= 15 is 0 Å². The van der Waals surface area contributed by atoms with Crippen molar-refractivity contribution in [3.05, 3.63) is 0 Å². The average molecular weight is 228 g/mol. The van der Waals surface area contributed by atoms with Crippen LogP contribution in [0.5, 0.6) is 0 Å². The second kappa shape index (κ2) is 9.00. The van der Waals surface area contributed by atoms with Crippen molar-refractivity contribution in [3.8, 4) is 0 Å². The summed E-state index contributed by atoms with van der Waals surface area (Å²) in [5.74, 6) is 1.63. The molecule has 0 aliphatic heterocycles. The Morgan fingerprint density at radius 2 is 1.56 bits per heavy atom.